The summed E-state index contributed by atoms with van der Waals surface area (Å²) in [5.74, 6) is 5.09. The summed E-state index contributed by atoms with van der Waals surface area (Å²) in [5.41, 5.74) is 6.89. The maximum Gasteiger partial charge on any atom is 0.132 e. The molecule has 2 rings (SSSR count). The standard InChI is InChI=1S/C22H28OSi/c1-17-8-11-19(12-9-17)23-21-16-18(14-15-24(5,6)7)10-13-20(21)22(2,3)4/h8-13,16H,1-7H3. The van der Waals surface area contributed by atoms with Crippen LogP contribution in [-0.4, -0.2) is 8.07 Å². The molecule has 0 spiro atoms. The van der Waals surface area contributed by atoms with Gasteiger partial charge in [0.2, 0.25) is 0 Å². The van der Waals surface area contributed by atoms with Crippen LogP contribution in [0, 0.1) is 18.4 Å². The Balaban J connectivity index is 2.44. The van der Waals surface area contributed by atoms with Crippen LogP contribution in [0.25, 0.3) is 0 Å². The molecule has 0 fully saturated rings. The highest BCUT2D eigenvalue weighted by molar-refractivity contribution is 6.83. The normalized spacial score (nSPS) is 11.6. The first kappa shape index (κ1) is 18.4. The molecule has 2 heteroatoms. The van der Waals surface area contributed by atoms with Crippen LogP contribution >= 0.6 is 0 Å². The Labute approximate surface area is 148 Å². The SMILES string of the molecule is Cc1ccc(Oc2cc(C#C[Si](C)(C)C)ccc2C(C)(C)C)cc1. The van der Waals surface area contributed by atoms with Gasteiger partial charge < -0.3 is 4.74 Å². The monoisotopic (exact) mass is 336 g/mol. The van der Waals surface area contributed by atoms with E-state index in [0.29, 0.717) is 0 Å². The lowest BCUT2D eigenvalue weighted by atomic mass is 9.86. The summed E-state index contributed by atoms with van der Waals surface area (Å²) < 4.78 is 6.21. The fraction of sp³-hybridized carbons (Fsp3) is 0.364. The molecule has 1 nitrogen and oxygen atoms in total. The van der Waals surface area contributed by atoms with Crippen molar-refractivity contribution >= 4 is 8.07 Å². The largest absolute Gasteiger partial charge is 0.457 e. The molecule has 0 radical (unpaired) electrons. The van der Waals surface area contributed by atoms with Gasteiger partial charge >= 0.3 is 0 Å². The first-order valence-electron chi connectivity index (χ1n) is 8.47. The second-order valence-electron chi connectivity index (χ2n) is 8.38. The Hall–Kier alpha value is -1.98. The van der Waals surface area contributed by atoms with Crippen molar-refractivity contribution in [3.05, 3.63) is 59.2 Å². The lowest BCUT2D eigenvalue weighted by Crippen LogP contribution is -2.16. The molecule has 0 unspecified atom stereocenters. The summed E-state index contributed by atoms with van der Waals surface area (Å²) in [5, 5.41) is 0. The van der Waals surface area contributed by atoms with E-state index in [0.717, 1.165) is 17.1 Å². The minimum Gasteiger partial charge on any atom is -0.457 e. The summed E-state index contributed by atoms with van der Waals surface area (Å²) in [6, 6.07) is 14.5. The second-order valence-corrected chi connectivity index (χ2v) is 13.1. The third-order valence-electron chi connectivity index (χ3n) is 3.62. The first-order chi connectivity index (χ1) is 11.0. The smallest absolute Gasteiger partial charge is 0.132 e. The van der Waals surface area contributed by atoms with Gasteiger partial charge in [0, 0.05) is 11.1 Å². The van der Waals surface area contributed by atoms with Crippen molar-refractivity contribution in [2.45, 2.75) is 52.8 Å². The van der Waals surface area contributed by atoms with Crippen LogP contribution in [0.1, 0.15) is 37.5 Å². The summed E-state index contributed by atoms with van der Waals surface area (Å²) in [6.45, 7) is 15.5. The zero-order valence-corrected chi connectivity index (χ0v) is 16.9. The summed E-state index contributed by atoms with van der Waals surface area (Å²) in [6.07, 6.45) is 0. The molecule has 2 aromatic carbocycles. The highest BCUT2D eigenvalue weighted by Gasteiger charge is 2.20. The third-order valence-corrected chi connectivity index (χ3v) is 4.50. The number of rotatable bonds is 2. The van der Waals surface area contributed by atoms with E-state index in [9.17, 15) is 0 Å². The van der Waals surface area contributed by atoms with Crippen LogP contribution in [0.15, 0.2) is 42.5 Å². The van der Waals surface area contributed by atoms with Crippen molar-refractivity contribution in [1.82, 2.24) is 0 Å². The maximum absolute atomic E-state index is 6.21. The molecule has 0 N–H and O–H groups in total. The van der Waals surface area contributed by atoms with Gasteiger partial charge in [-0.05, 0) is 36.6 Å². The van der Waals surface area contributed by atoms with Crippen LogP contribution in [0.5, 0.6) is 11.5 Å². The number of hydrogen-bond donors (Lipinski definition) is 0. The zero-order chi connectivity index (χ0) is 18.0. The lowest BCUT2D eigenvalue weighted by Gasteiger charge is -2.23. The molecule has 0 saturated heterocycles. The first-order valence-corrected chi connectivity index (χ1v) is 12.0. The average Bonchev–Trinajstić information content (AvgIpc) is 2.46. The Bertz CT molecular complexity index is 763. The molecular formula is C22H28OSi. The lowest BCUT2D eigenvalue weighted by molar-refractivity contribution is 0.455. The van der Waals surface area contributed by atoms with Gasteiger partial charge in [-0.2, -0.15) is 0 Å². The van der Waals surface area contributed by atoms with E-state index in [2.05, 4.69) is 89.1 Å². The van der Waals surface area contributed by atoms with E-state index in [1.807, 2.05) is 12.1 Å². The van der Waals surface area contributed by atoms with E-state index in [4.69, 9.17) is 4.74 Å². The Morgan fingerprint density at radius 1 is 0.917 bits per heavy atom. The van der Waals surface area contributed by atoms with Gasteiger partial charge in [-0.3, -0.25) is 0 Å². The van der Waals surface area contributed by atoms with Crippen molar-refractivity contribution in [2.75, 3.05) is 0 Å². The number of ether oxygens (including phenoxy) is 1. The topological polar surface area (TPSA) is 9.23 Å². The van der Waals surface area contributed by atoms with E-state index in [1.165, 1.54) is 11.1 Å². The molecule has 0 saturated carbocycles. The van der Waals surface area contributed by atoms with Crippen molar-refractivity contribution in [3.63, 3.8) is 0 Å². The van der Waals surface area contributed by atoms with Gasteiger partial charge in [0.05, 0.1) is 0 Å². The van der Waals surface area contributed by atoms with Gasteiger partial charge in [0.15, 0.2) is 0 Å². The molecule has 0 aliphatic rings. The van der Waals surface area contributed by atoms with Crippen molar-refractivity contribution in [3.8, 4) is 23.0 Å². The number of aryl methyl sites for hydroxylation is 1. The van der Waals surface area contributed by atoms with Gasteiger partial charge in [-0.1, -0.05) is 70.1 Å². The Kier molecular flexibility index (Phi) is 5.25. The predicted octanol–water partition coefficient (Wildman–Crippen LogP) is 6.31. The highest BCUT2D eigenvalue weighted by Crippen LogP contribution is 2.35. The van der Waals surface area contributed by atoms with Gasteiger partial charge in [-0.25, -0.2) is 0 Å². The second kappa shape index (κ2) is 6.87. The molecule has 0 aliphatic heterocycles. The van der Waals surface area contributed by atoms with E-state index >= 15 is 0 Å². The molecule has 0 bridgehead atoms. The number of hydrogen-bond acceptors (Lipinski definition) is 1. The van der Waals surface area contributed by atoms with Crippen LogP contribution in [0.2, 0.25) is 19.6 Å². The fourth-order valence-electron chi connectivity index (χ4n) is 2.30. The summed E-state index contributed by atoms with van der Waals surface area (Å²) >= 11 is 0. The van der Waals surface area contributed by atoms with Crippen LogP contribution in [-0.2, 0) is 5.41 Å². The van der Waals surface area contributed by atoms with Crippen LogP contribution in [0.4, 0.5) is 0 Å². The quantitative estimate of drug-likeness (QED) is 0.461. The molecule has 2 aromatic rings. The fourth-order valence-corrected chi connectivity index (χ4v) is 2.82. The van der Waals surface area contributed by atoms with Gasteiger partial charge in [0.1, 0.15) is 19.6 Å². The zero-order valence-electron chi connectivity index (χ0n) is 15.9. The van der Waals surface area contributed by atoms with E-state index < -0.39 is 8.07 Å². The summed E-state index contributed by atoms with van der Waals surface area (Å²) in [4.78, 5) is 0. The van der Waals surface area contributed by atoms with Gasteiger partial charge in [-0.15, -0.1) is 5.54 Å². The molecule has 126 valence electrons. The van der Waals surface area contributed by atoms with E-state index in [1.54, 1.807) is 0 Å². The van der Waals surface area contributed by atoms with Crippen LogP contribution in [0.3, 0.4) is 0 Å². The molecule has 0 aromatic heterocycles. The van der Waals surface area contributed by atoms with Crippen molar-refractivity contribution in [2.24, 2.45) is 0 Å². The van der Waals surface area contributed by atoms with Crippen molar-refractivity contribution < 1.29 is 4.74 Å². The average molecular weight is 337 g/mol. The highest BCUT2D eigenvalue weighted by atomic mass is 28.3. The molecule has 0 heterocycles. The van der Waals surface area contributed by atoms with E-state index in [-0.39, 0.29) is 5.41 Å². The minimum absolute atomic E-state index is 0.0186. The number of benzene rings is 2. The Morgan fingerprint density at radius 3 is 2.08 bits per heavy atom. The van der Waals surface area contributed by atoms with Crippen molar-refractivity contribution in [1.29, 1.82) is 0 Å². The van der Waals surface area contributed by atoms with Crippen LogP contribution < -0.4 is 4.74 Å². The summed E-state index contributed by atoms with van der Waals surface area (Å²) in [7, 11) is -1.39. The molecule has 0 aliphatic carbocycles. The molecule has 0 atom stereocenters. The molecule has 0 amide bonds. The minimum atomic E-state index is -1.39. The Morgan fingerprint density at radius 2 is 1.54 bits per heavy atom. The third kappa shape index (κ3) is 5.28. The predicted molar refractivity (Wildman–Crippen MR) is 107 cm³/mol. The molecule has 24 heavy (non-hydrogen) atoms. The molecular weight excluding hydrogens is 308 g/mol. The maximum atomic E-state index is 6.21. The van der Waals surface area contributed by atoms with Gasteiger partial charge in [0.25, 0.3) is 0 Å².